The Balaban J connectivity index is 2.18. The van der Waals surface area contributed by atoms with Crippen LogP contribution >= 0.6 is 0 Å². The summed E-state index contributed by atoms with van der Waals surface area (Å²) in [5, 5.41) is 3.72. The van der Waals surface area contributed by atoms with Crippen LogP contribution in [0.4, 0.5) is 0 Å². The molecule has 0 aliphatic carbocycles. The lowest BCUT2D eigenvalue weighted by Crippen LogP contribution is -2.42. The number of carbonyl (C=O) groups is 2. The number of carbonyl (C=O) groups excluding carboxylic acids is 2. The minimum atomic E-state index is -0.193. The Morgan fingerprint density at radius 1 is 1.30 bits per heavy atom. The fourth-order valence-electron chi connectivity index (χ4n) is 2.39. The van der Waals surface area contributed by atoms with E-state index in [1.807, 2.05) is 39.0 Å². The fourth-order valence-corrected chi connectivity index (χ4v) is 2.39. The standard InChI is InChI=1S/C17H23N3O3/c1-5-20(10-16(21)18-11(2)3)17(22)15-8-12-6-7-13(23-4)9-14(12)19-15/h6-9,11,19H,5,10H2,1-4H3,(H,18,21). The summed E-state index contributed by atoms with van der Waals surface area (Å²) in [5.41, 5.74) is 1.29. The van der Waals surface area contributed by atoms with E-state index in [1.165, 1.54) is 4.90 Å². The van der Waals surface area contributed by atoms with E-state index in [2.05, 4.69) is 10.3 Å². The molecule has 0 atom stereocenters. The molecule has 0 spiro atoms. The Hall–Kier alpha value is -2.50. The summed E-state index contributed by atoms with van der Waals surface area (Å²) < 4.78 is 5.18. The van der Waals surface area contributed by atoms with E-state index in [1.54, 1.807) is 13.2 Å². The maximum absolute atomic E-state index is 12.6. The topological polar surface area (TPSA) is 74.4 Å². The largest absolute Gasteiger partial charge is 0.497 e. The van der Waals surface area contributed by atoms with Crippen molar-refractivity contribution in [3.63, 3.8) is 0 Å². The Morgan fingerprint density at radius 3 is 2.65 bits per heavy atom. The number of hydrogen-bond donors (Lipinski definition) is 2. The smallest absolute Gasteiger partial charge is 0.270 e. The molecule has 1 aromatic heterocycles. The first-order valence-corrected chi connectivity index (χ1v) is 7.70. The zero-order valence-electron chi connectivity index (χ0n) is 14.0. The van der Waals surface area contributed by atoms with Crippen LogP contribution in [-0.4, -0.2) is 47.9 Å². The number of rotatable bonds is 6. The Bertz CT molecular complexity index is 706. The number of amides is 2. The van der Waals surface area contributed by atoms with Gasteiger partial charge in [0, 0.05) is 29.6 Å². The maximum atomic E-state index is 12.6. The predicted octanol–water partition coefficient (Wildman–Crippen LogP) is 2.16. The van der Waals surface area contributed by atoms with Crippen LogP contribution in [0.15, 0.2) is 24.3 Å². The summed E-state index contributed by atoms with van der Waals surface area (Å²) in [6.45, 7) is 6.14. The molecule has 6 nitrogen and oxygen atoms in total. The molecular formula is C17H23N3O3. The number of nitrogens with zero attached hydrogens (tertiary/aromatic N) is 1. The summed E-state index contributed by atoms with van der Waals surface area (Å²) in [5.74, 6) is 0.372. The van der Waals surface area contributed by atoms with Gasteiger partial charge in [-0.1, -0.05) is 0 Å². The monoisotopic (exact) mass is 317 g/mol. The van der Waals surface area contributed by atoms with Gasteiger partial charge in [0.2, 0.25) is 5.91 Å². The van der Waals surface area contributed by atoms with Crippen molar-refractivity contribution in [1.29, 1.82) is 0 Å². The lowest BCUT2D eigenvalue weighted by Gasteiger charge is -2.20. The second kappa shape index (κ2) is 7.17. The number of aromatic nitrogens is 1. The van der Waals surface area contributed by atoms with Crippen LogP contribution in [0, 0.1) is 0 Å². The van der Waals surface area contributed by atoms with Crippen LogP contribution in [0.5, 0.6) is 5.75 Å². The van der Waals surface area contributed by atoms with Crippen molar-refractivity contribution in [3.8, 4) is 5.75 Å². The van der Waals surface area contributed by atoms with Gasteiger partial charge in [-0.15, -0.1) is 0 Å². The quantitative estimate of drug-likeness (QED) is 0.857. The molecule has 124 valence electrons. The van der Waals surface area contributed by atoms with Crippen LogP contribution in [-0.2, 0) is 4.79 Å². The van der Waals surface area contributed by atoms with Gasteiger partial charge < -0.3 is 19.9 Å². The van der Waals surface area contributed by atoms with E-state index in [0.717, 1.165) is 16.7 Å². The van der Waals surface area contributed by atoms with Gasteiger partial charge in [0.05, 0.1) is 13.7 Å². The molecule has 0 fully saturated rings. The van der Waals surface area contributed by atoms with Gasteiger partial charge in [-0.25, -0.2) is 0 Å². The first-order chi connectivity index (χ1) is 10.9. The van der Waals surface area contributed by atoms with Crippen molar-refractivity contribution in [2.45, 2.75) is 26.8 Å². The first kappa shape index (κ1) is 16.9. The highest BCUT2D eigenvalue weighted by molar-refractivity contribution is 5.99. The highest BCUT2D eigenvalue weighted by atomic mass is 16.5. The summed E-state index contributed by atoms with van der Waals surface area (Å²) in [4.78, 5) is 29.1. The van der Waals surface area contributed by atoms with Gasteiger partial charge in [-0.3, -0.25) is 9.59 Å². The van der Waals surface area contributed by atoms with Crippen LogP contribution in [0.1, 0.15) is 31.3 Å². The molecule has 23 heavy (non-hydrogen) atoms. The molecule has 0 unspecified atom stereocenters. The van der Waals surface area contributed by atoms with Gasteiger partial charge in [-0.2, -0.15) is 0 Å². The Morgan fingerprint density at radius 2 is 2.04 bits per heavy atom. The number of likely N-dealkylation sites (N-methyl/N-ethyl adjacent to an activating group) is 1. The zero-order chi connectivity index (χ0) is 17.0. The van der Waals surface area contributed by atoms with Crippen molar-refractivity contribution in [2.75, 3.05) is 20.2 Å². The third-order valence-corrected chi connectivity index (χ3v) is 3.51. The first-order valence-electron chi connectivity index (χ1n) is 7.70. The van der Waals surface area contributed by atoms with Crippen molar-refractivity contribution < 1.29 is 14.3 Å². The number of ether oxygens (including phenoxy) is 1. The van der Waals surface area contributed by atoms with Crippen LogP contribution in [0.2, 0.25) is 0 Å². The summed E-state index contributed by atoms with van der Waals surface area (Å²) in [6.07, 6.45) is 0. The third-order valence-electron chi connectivity index (χ3n) is 3.51. The van der Waals surface area contributed by atoms with Gasteiger partial charge >= 0.3 is 0 Å². The average molecular weight is 317 g/mol. The lowest BCUT2D eigenvalue weighted by atomic mass is 10.2. The summed E-state index contributed by atoms with van der Waals surface area (Å²) >= 11 is 0. The molecular weight excluding hydrogens is 294 g/mol. The summed E-state index contributed by atoms with van der Waals surface area (Å²) in [7, 11) is 1.60. The number of fused-ring (bicyclic) bond motifs is 1. The van der Waals surface area contributed by atoms with Gasteiger partial charge in [0.25, 0.3) is 5.91 Å². The van der Waals surface area contributed by atoms with E-state index in [9.17, 15) is 9.59 Å². The molecule has 1 aromatic carbocycles. The Labute approximate surface area is 135 Å². The van der Waals surface area contributed by atoms with Gasteiger partial charge in [-0.05, 0) is 39.0 Å². The van der Waals surface area contributed by atoms with Crippen LogP contribution < -0.4 is 10.1 Å². The molecule has 1 heterocycles. The number of methoxy groups -OCH3 is 1. The van der Waals surface area contributed by atoms with E-state index < -0.39 is 0 Å². The second-order valence-corrected chi connectivity index (χ2v) is 5.68. The van der Waals surface area contributed by atoms with Crippen molar-refractivity contribution in [3.05, 3.63) is 30.0 Å². The van der Waals surface area contributed by atoms with Gasteiger partial charge in [0.15, 0.2) is 0 Å². The van der Waals surface area contributed by atoms with Gasteiger partial charge in [0.1, 0.15) is 11.4 Å². The SMILES string of the molecule is CCN(CC(=O)NC(C)C)C(=O)c1cc2ccc(OC)cc2[nH]1. The number of H-pyrrole nitrogens is 1. The van der Waals surface area contributed by atoms with E-state index in [-0.39, 0.29) is 24.4 Å². The Kier molecular flexibility index (Phi) is 5.26. The molecule has 2 rings (SSSR count). The van der Waals surface area contributed by atoms with Crippen molar-refractivity contribution in [1.82, 2.24) is 15.2 Å². The number of hydrogen-bond acceptors (Lipinski definition) is 3. The third kappa shape index (κ3) is 4.03. The number of aromatic amines is 1. The highest BCUT2D eigenvalue weighted by Gasteiger charge is 2.19. The molecule has 2 amide bonds. The normalized spacial score (nSPS) is 10.8. The summed E-state index contributed by atoms with van der Waals surface area (Å²) in [6, 6.07) is 7.42. The van der Waals surface area contributed by atoms with Crippen LogP contribution in [0.3, 0.4) is 0 Å². The molecule has 2 N–H and O–H groups in total. The molecule has 0 saturated carbocycles. The van der Waals surface area contributed by atoms with E-state index >= 15 is 0 Å². The zero-order valence-corrected chi connectivity index (χ0v) is 14.0. The highest BCUT2D eigenvalue weighted by Crippen LogP contribution is 2.21. The predicted molar refractivity (Wildman–Crippen MR) is 89.7 cm³/mol. The van der Waals surface area contributed by atoms with Crippen molar-refractivity contribution in [2.24, 2.45) is 0 Å². The molecule has 0 saturated heterocycles. The molecule has 0 radical (unpaired) electrons. The second-order valence-electron chi connectivity index (χ2n) is 5.68. The fraction of sp³-hybridized carbons (Fsp3) is 0.412. The van der Waals surface area contributed by atoms with Crippen molar-refractivity contribution >= 4 is 22.7 Å². The number of benzene rings is 1. The van der Waals surface area contributed by atoms with E-state index in [0.29, 0.717) is 12.2 Å². The maximum Gasteiger partial charge on any atom is 0.270 e. The average Bonchev–Trinajstić information content (AvgIpc) is 2.94. The minimum Gasteiger partial charge on any atom is -0.497 e. The number of nitrogens with one attached hydrogen (secondary N) is 2. The minimum absolute atomic E-state index is 0.0478. The van der Waals surface area contributed by atoms with E-state index in [4.69, 9.17) is 4.74 Å². The molecule has 0 aliphatic heterocycles. The molecule has 2 aromatic rings. The lowest BCUT2D eigenvalue weighted by molar-refractivity contribution is -0.122. The molecule has 0 bridgehead atoms. The van der Waals surface area contributed by atoms with Crippen LogP contribution in [0.25, 0.3) is 10.9 Å². The molecule has 0 aliphatic rings. The molecule has 6 heteroatoms.